The molecule has 1 aliphatic rings. The maximum absolute atomic E-state index is 12.8. The van der Waals surface area contributed by atoms with Gasteiger partial charge in [0, 0.05) is 35.4 Å². The van der Waals surface area contributed by atoms with Gasteiger partial charge in [0.25, 0.3) is 5.91 Å². The van der Waals surface area contributed by atoms with Gasteiger partial charge >= 0.3 is 0 Å². The van der Waals surface area contributed by atoms with E-state index in [0.29, 0.717) is 0 Å². The SMILES string of the molecule is Cc1ccc(C(=O)N2CCN(c3cccc(C)c3C)CC2)c(I)c1. The van der Waals surface area contributed by atoms with Crippen LogP contribution in [0.5, 0.6) is 0 Å². The zero-order valence-corrected chi connectivity index (χ0v) is 16.6. The van der Waals surface area contributed by atoms with Crippen molar-refractivity contribution in [2.24, 2.45) is 0 Å². The lowest BCUT2D eigenvalue weighted by atomic mass is 10.1. The van der Waals surface area contributed by atoms with Crippen LogP contribution < -0.4 is 4.90 Å². The highest BCUT2D eigenvalue weighted by molar-refractivity contribution is 14.1. The average Bonchev–Trinajstić information content (AvgIpc) is 2.57. The second-order valence-electron chi connectivity index (χ2n) is 6.48. The van der Waals surface area contributed by atoms with E-state index in [1.807, 2.05) is 17.0 Å². The third-order valence-electron chi connectivity index (χ3n) is 4.84. The van der Waals surface area contributed by atoms with Gasteiger partial charge < -0.3 is 9.80 Å². The second kappa shape index (κ2) is 7.13. The largest absolute Gasteiger partial charge is 0.368 e. The van der Waals surface area contributed by atoms with Gasteiger partial charge in [-0.15, -0.1) is 0 Å². The van der Waals surface area contributed by atoms with Crippen molar-refractivity contribution in [1.29, 1.82) is 0 Å². The molecule has 1 aliphatic heterocycles. The Hall–Kier alpha value is -1.56. The van der Waals surface area contributed by atoms with Gasteiger partial charge in [-0.2, -0.15) is 0 Å². The highest BCUT2D eigenvalue weighted by Crippen LogP contribution is 2.24. The van der Waals surface area contributed by atoms with Gasteiger partial charge in [-0.1, -0.05) is 23.8 Å². The van der Waals surface area contributed by atoms with Gasteiger partial charge in [0.2, 0.25) is 0 Å². The van der Waals surface area contributed by atoms with Crippen molar-refractivity contribution < 1.29 is 4.79 Å². The topological polar surface area (TPSA) is 23.6 Å². The lowest BCUT2D eigenvalue weighted by Gasteiger charge is -2.37. The van der Waals surface area contributed by atoms with Crippen molar-refractivity contribution in [2.45, 2.75) is 20.8 Å². The molecule has 0 N–H and O–H groups in total. The Balaban J connectivity index is 1.71. The number of halogens is 1. The summed E-state index contributed by atoms with van der Waals surface area (Å²) < 4.78 is 1.04. The maximum atomic E-state index is 12.8. The van der Waals surface area contributed by atoms with Gasteiger partial charge in [-0.05, 0) is 72.7 Å². The Morgan fingerprint density at radius 2 is 1.71 bits per heavy atom. The summed E-state index contributed by atoms with van der Waals surface area (Å²) in [5.74, 6) is 0.153. The molecule has 0 bridgehead atoms. The molecule has 0 unspecified atom stereocenters. The second-order valence-corrected chi connectivity index (χ2v) is 7.64. The van der Waals surface area contributed by atoms with Crippen LogP contribution in [0.1, 0.15) is 27.0 Å². The molecule has 0 aliphatic carbocycles. The first kappa shape index (κ1) is 17.3. The van der Waals surface area contributed by atoms with Crippen molar-refractivity contribution in [3.05, 3.63) is 62.2 Å². The summed E-state index contributed by atoms with van der Waals surface area (Å²) in [7, 11) is 0. The number of piperazine rings is 1. The molecule has 0 radical (unpaired) electrons. The molecule has 0 atom stereocenters. The van der Waals surface area contributed by atoms with Crippen molar-refractivity contribution in [1.82, 2.24) is 4.90 Å². The normalized spacial score (nSPS) is 14.8. The number of anilines is 1. The van der Waals surface area contributed by atoms with E-state index < -0.39 is 0 Å². The highest BCUT2D eigenvalue weighted by Gasteiger charge is 2.24. The molecule has 0 spiro atoms. The van der Waals surface area contributed by atoms with E-state index in [-0.39, 0.29) is 5.91 Å². The molecular weight excluding hydrogens is 411 g/mol. The van der Waals surface area contributed by atoms with Gasteiger partial charge in [0.1, 0.15) is 0 Å². The first-order valence-corrected chi connectivity index (χ1v) is 9.42. The molecule has 0 aromatic heterocycles. The van der Waals surface area contributed by atoms with Crippen LogP contribution in [0.25, 0.3) is 0 Å². The molecule has 1 saturated heterocycles. The monoisotopic (exact) mass is 434 g/mol. The van der Waals surface area contributed by atoms with Gasteiger partial charge in [0.05, 0.1) is 5.56 Å². The summed E-state index contributed by atoms with van der Waals surface area (Å²) in [5.41, 5.74) is 5.97. The van der Waals surface area contributed by atoms with Crippen LogP contribution >= 0.6 is 22.6 Å². The molecule has 2 aromatic carbocycles. The standard InChI is InChI=1S/C20H23IN2O/c1-14-7-8-17(18(21)13-14)20(24)23-11-9-22(10-12-23)19-6-4-5-15(2)16(19)3/h4-8,13H,9-12H2,1-3H3. The van der Waals surface area contributed by atoms with E-state index in [0.717, 1.165) is 35.3 Å². The van der Waals surface area contributed by atoms with E-state index in [1.54, 1.807) is 0 Å². The average molecular weight is 434 g/mol. The fourth-order valence-electron chi connectivity index (χ4n) is 3.19. The molecule has 3 nitrogen and oxygen atoms in total. The summed E-state index contributed by atoms with van der Waals surface area (Å²) in [6, 6.07) is 12.5. The zero-order valence-electron chi connectivity index (χ0n) is 14.5. The van der Waals surface area contributed by atoms with E-state index >= 15 is 0 Å². The molecule has 126 valence electrons. The van der Waals surface area contributed by atoms with Crippen molar-refractivity contribution in [3.8, 4) is 0 Å². The van der Waals surface area contributed by atoms with Crippen LogP contribution in [0.2, 0.25) is 0 Å². The van der Waals surface area contributed by atoms with E-state index in [2.05, 4.69) is 72.5 Å². The lowest BCUT2D eigenvalue weighted by Crippen LogP contribution is -2.49. The van der Waals surface area contributed by atoms with Crippen LogP contribution in [0.4, 0.5) is 5.69 Å². The number of nitrogens with zero attached hydrogens (tertiary/aromatic N) is 2. The number of amides is 1. The van der Waals surface area contributed by atoms with Crippen LogP contribution in [-0.2, 0) is 0 Å². The molecule has 1 amide bonds. The van der Waals surface area contributed by atoms with Crippen LogP contribution in [0.15, 0.2) is 36.4 Å². The number of carbonyl (C=O) groups is 1. The number of aryl methyl sites for hydroxylation is 2. The minimum absolute atomic E-state index is 0.153. The zero-order chi connectivity index (χ0) is 17.3. The Kier molecular flexibility index (Phi) is 5.13. The number of benzene rings is 2. The Bertz CT molecular complexity index is 764. The molecule has 3 rings (SSSR count). The van der Waals surface area contributed by atoms with Crippen molar-refractivity contribution in [2.75, 3.05) is 31.1 Å². The van der Waals surface area contributed by atoms with Gasteiger partial charge in [-0.3, -0.25) is 4.79 Å². The Labute approximate surface area is 157 Å². The third-order valence-corrected chi connectivity index (χ3v) is 5.73. The Morgan fingerprint density at radius 1 is 1.00 bits per heavy atom. The van der Waals surface area contributed by atoms with E-state index in [1.165, 1.54) is 22.4 Å². The summed E-state index contributed by atoms with van der Waals surface area (Å²) in [4.78, 5) is 17.2. The molecule has 24 heavy (non-hydrogen) atoms. The lowest BCUT2D eigenvalue weighted by molar-refractivity contribution is 0.0745. The minimum Gasteiger partial charge on any atom is -0.368 e. The maximum Gasteiger partial charge on any atom is 0.255 e. The molecule has 1 heterocycles. The van der Waals surface area contributed by atoms with Crippen molar-refractivity contribution >= 4 is 34.2 Å². The number of hydrogen-bond donors (Lipinski definition) is 0. The highest BCUT2D eigenvalue weighted by atomic mass is 127. The number of rotatable bonds is 2. The minimum atomic E-state index is 0.153. The van der Waals surface area contributed by atoms with E-state index in [9.17, 15) is 4.79 Å². The molecule has 0 saturated carbocycles. The molecule has 4 heteroatoms. The molecular formula is C20H23IN2O. The first-order valence-electron chi connectivity index (χ1n) is 8.34. The summed E-state index contributed by atoms with van der Waals surface area (Å²) in [6.07, 6.45) is 0. The number of carbonyl (C=O) groups excluding carboxylic acids is 1. The fraction of sp³-hybridized carbons (Fsp3) is 0.350. The van der Waals surface area contributed by atoms with Gasteiger partial charge in [0.15, 0.2) is 0 Å². The van der Waals surface area contributed by atoms with Gasteiger partial charge in [-0.25, -0.2) is 0 Å². The smallest absolute Gasteiger partial charge is 0.255 e. The molecule has 1 fully saturated rings. The fourth-order valence-corrected chi connectivity index (χ4v) is 4.09. The quantitative estimate of drug-likeness (QED) is 0.663. The predicted molar refractivity (Wildman–Crippen MR) is 108 cm³/mol. The van der Waals surface area contributed by atoms with Crippen LogP contribution in [0, 0.1) is 24.3 Å². The third kappa shape index (κ3) is 3.43. The van der Waals surface area contributed by atoms with Crippen molar-refractivity contribution in [3.63, 3.8) is 0 Å². The van der Waals surface area contributed by atoms with Crippen LogP contribution in [-0.4, -0.2) is 37.0 Å². The molecule has 2 aromatic rings. The van der Waals surface area contributed by atoms with Crippen LogP contribution in [0.3, 0.4) is 0 Å². The number of hydrogen-bond acceptors (Lipinski definition) is 2. The summed E-state index contributed by atoms with van der Waals surface area (Å²) in [5, 5.41) is 0. The first-order chi connectivity index (χ1) is 11.5. The summed E-state index contributed by atoms with van der Waals surface area (Å²) in [6.45, 7) is 9.71. The summed E-state index contributed by atoms with van der Waals surface area (Å²) >= 11 is 2.26. The Morgan fingerprint density at radius 3 is 2.38 bits per heavy atom. The predicted octanol–water partition coefficient (Wildman–Crippen LogP) is 4.18. The van der Waals surface area contributed by atoms with E-state index in [4.69, 9.17) is 0 Å².